The van der Waals surface area contributed by atoms with Gasteiger partial charge >= 0.3 is 5.97 Å². The maximum Gasteiger partial charge on any atom is 0.354 e. The first kappa shape index (κ1) is 12.9. The third-order valence-electron chi connectivity index (χ3n) is 3.17. The molecule has 20 heavy (non-hydrogen) atoms. The fourth-order valence-electron chi connectivity index (χ4n) is 2.26. The van der Waals surface area contributed by atoms with Crippen molar-refractivity contribution in [2.24, 2.45) is 0 Å². The van der Waals surface area contributed by atoms with Crippen LogP contribution in [-0.4, -0.2) is 23.2 Å². The zero-order valence-corrected chi connectivity index (χ0v) is 12.1. The molecule has 3 aromatic rings. The van der Waals surface area contributed by atoms with Crippen LogP contribution in [0.3, 0.4) is 0 Å². The third kappa shape index (κ3) is 1.91. The molecule has 0 amide bonds. The average Bonchev–Trinajstić information content (AvgIpc) is 2.46. The second-order valence-electron chi connectivity index (χ2n) is 4.32. The van der Waals surface area contributed by atoms with Gasteiger partial charge in [0, 0.05) is 21.3 Å². The lowest BCUT2D eigenvalue weighted by molar-refractivity contribution is 0.0690. The molecule has 0 unspecified atom stereocenters. The molecule has 0 aliphatic rings. The fourth-order valence-corrected chi connectivity index (χ4v) is 2.83. The lowest BCUT2D eigenvalue weighted by Crippen LogP contribution is -2.02. The van der Waals surface area contributed by atoms with Crippen LogP contribution >= 0.6 is 15.9 Å². The number of fused-ring (bicyclic) bond motifs is 3. The van der Waals surface area contributed by atoms with Gasteiger partial charge in [0.1, 0.15) is 5.75 Å². The Morgan fingerprint density at radius 1 is 1.20 bits per heavy atom. The number of carboxylic acid groups (broad SMARTS) is 1. The van der Waals surface area contributed by atoms with Crippen molar-refractivity contribution in [3.8, 4) is 5.75 Å². The summed E-state index contributed by atoms with van der Waals surface area (Å²) in [5, 5.41) is 11.8. The highest BCUT2D eigenvalue weighted by Gasteiger charge is 2.14. The summed E-state index contributed by atoms with van der Waals surface area (Å²) >= 11 is 3.53. The summed E-state index contributed by atoms with van der Waals surface area (Å²) in [4.78, 5) is 15.4. The van der Waals surface area contributed by atoms with Crippen LogP contribution in [0.5, 0.6) is 5.75 Å². The van der Waals surface area contributed by atoms with Gasteiger partial charge < -0.3 is 9.84 Å². The molecule has 0 saturated carbocycles. The van der Waals surface area contributed by atoms with Crippen LogP contribution in [0.2, 0.25) is 0 Å². The number of carbonyl (C=O) groups is 1. The summed E-state index contributed by atoms with van der Waals surface area (Å²) in [5.74, 6) is -0.573. The van der Waals surface area contributed by atoms with Gasteiger partial charge in [0.25, 0.3) is 0 Å². The van der Waals surface area contributed by atoms with Crippen molar-refractivity contribution in [3.05, 3.63) is 46.6 Å². The Morgan fingerprint density at radius 2 is 1.90 bits per heavy atom. The Hall–Kier alpha value is -2.14. The van der Waals surface area contributed by atoms with Crippen molar-refractivity contribution in [2.45, 2.75) is 0 Å². The molecular formula is C15H10BrNO3. The number of carboxylic acids is 1. The number of aromatic carboxylic acids is 1. The maximum atomic E-state index is 11.2. The third-order valence-corrected chi connectivity index (χ3v) is 3.83. The molecule has 0 spiro atoms. The van der Waals surface area contributed by atoms with Crippen LogP contribution in [0.4, 0.5) is 0 Å². The van der Waals surface area contributed by atoms with E-state index in [0.29, 0.717) is 11.3 Å². The highest BCUT2D eigenvalue weighted by Crippen LogP contribution is 2.35. The Bertz CT molecular complexity index is 845. The minimum atomic E-state index is -1.07. The van der Waals surface area contributed by atoms with Gasteiger partial charge in [-0.3, -0.25) is 0 Å². The lowest BCUT2D eigenvalue weighted by Gasteiger charge is -2.10. The van der Waals surface area contributed by atoms with E-state index in [-0.39, 0.29) is 5.69 Å². The van der Waals surface area contributed by atoms with E-state index in [4.69, 9.17) is 9.84 Å². The molecular weight excluding hydrogens is 322 g/mol. The first-order valence-electron chi connectivity index (χ1n) is 5.91. The number of halogens is 1. The van der Waals surface area contributed by atoms with Gasteiger partial charge in [-0.15, -0.1) is 0 Å². The summed E-state index contributed by atoms with van der Waals surface area (Å²) in [5.41, 5.74) is 0.599. The number of hydrogen-bond donors (Lipinski definition) is 1. The number of ether oxygens (including phenoxy) is 1. The van der Waals surface area contributed by atoms with E-state index in [9.17, 15) is 4.79 Å². The van der Waals surface area contributed by atoms with E-state index in [1.54, 1.807) is 0 Å². The Kier molecular flexibility index (Phi) is 3.06. The maximum absolute atomic E-state index is 11.2. The molecule has 3 rings (SSSR count). The van der Waals surface area contributed by atoms with Crippen molar-refractivity contribution < 1.29 is 14.6 Å². The SMILES string of the molecule is COc1cc(C(=O)O)nc2c1cc(Br)c1ccccc12. The summed E-state index contributed by atoms with van der Waals surface area (Å²) in [6.07, 6.45) is 0. The molecule has 2 aromatic carbocycles. The molecule has 4 nitrogen and oxygen atoms in total. The number of aromatic nitrogens is 1. The lowest BCUT2D eigenvalue weighted by atomic mass is 10.1. The first-order chi connectivity index (χ1) is 9.61. The topological polar surface area (TPSA) is 59.4 Å². The quantitative estimate of drug-likeness (QED) is 0.724. The molecule has 1 N–H and O–H groups in total. The number of hydrogen-bond acceptors (Lipinski definition) is 3. The number of nitrogens with zero attached hydrogens (tertiary/aromatic N) is 1. The largest absolute Gasteiger partial charge is 0.496 e. The van der Waals surface area contributed by atoms with Gasteiger partial charge in [-0.1, -0.05) is 40.2 Å². The van der Waals surface area contributed by atoms with Crippen LogP contribution in [0.1, 0.15) is 10.5 Å². The van der Waals surface area contributed by atoms with Gasteiger partial charge in [-0.2, -0.15) is 0 Å². The molecule has 1 heterocycles. The van der Waals surface area contributed by atoms with E-state index in [1.807, 2.05) is 30.3 Å². The molecule has 0 atom stereocenters. The summed E-state index contributed by atoms with van der Waals surface area (Å²) < 4.78 is 6.22. The Morgan fingerprint density at radius 3 is 2.55 bits per heavy atom. The van der Waals surface area contributed by atoms with Crippen molar-refractivity contribution >= 4 is 43.6 Å². The smallest absolute Gasteiger partial charge is 0.354 e. The zero-order chi connectivity index (χ0) is 14.3. The van der Waals surface area contributed by atoms with Crippen LogP contribution in [0.15, 0.2) is 40.9 Å². The van der Waals surface area contributed by atoms with E-state index >= 15 is 0 Å². The number of benzene rings is 2. The van der Waals surface area contributed by atoms with Crippen molar-refractivity contribution in [1.82, 2.24) is 4.98 Å². The summed E-state index contributed by atoms with van der Waals surface area (Å²) in [7, 11) is 1.52. The minimum absolute atomic E-state index is 0.0261. The van der Waals surface area contributed by atoms with Crippen molar-refractivity contribution in [2.75, 3.05) is 7.11 Å². The molecule has 100 valence electrons. The van der Waals surface area contributed by atoms with Crippen LogP contribution < -0.4 is 4.74 Å². The summed E-state index contributed by atoms with van der Waals surface area (Å²) in [6.45, 7) is 0. The first-order valence-corrected chi connectivity index (χ1v) is 6.70. The Labute approximate surface area is 123 Å². The Balaban J connectivity index is 2.54. The van der Waals surface area contributed by atoms with Crippen molar-refractivity contribution in [3.63, 3.8) is 0 Å². The normalized spacial score (nSPS) is 10.9. The predicted molar refractivity (Wildman–Crippen MR) is 80.5 cm³/mol. The molecule has 0 fully saturated rings. The van der Waals surface area contributed by atoms with Gasteiger partial charge in [0.15, 0.2) is 5.69 Å². The van der Waals surface area contributed by atoms with Gasteiger partial charge in [-0.05, 0) is 11.5 Å². The fraction of sp³-hybridized carbons (Fsp3) is 0.0667. The van der Waals surface area contributed by atoms with Crippen LogP contribution in [0.25, 0.3) is 21.7 Å². The van der Waals surface area contributed by atoms with Crippen LogP contribution in [0, 0.1) is 0 Å². The van der Waals surface area contributed by atoms with Crippen LogP contribution in [-0.2, 0) is 0 Å². The molecule has 0 aliphatic carbocycles. The number of methoxy groups -OCH3 is 1. The zero-order valence-electron chi connectivity index (χ0n) is 10.6. The molecule has 0 radical (unpaired) electrons. The van der Waals surface area contributed by atoms with Gasteiger partial charge in [-0.25, -0.2) is 9.78 Å². The number of rotatable bonds is 2. The number of pyridine rings is 1. The highest BCUT2D eigenvalue weighted by molar-refractivity contribution is 9.10. The van der Waals surface area contributed by atoms with Gasteiger partial charge in [0.05, 0.1) is 12.6 Å². The predicted octanol–water partition coefficient (Wildman–Crippen LogP) is 3.86. The second-order valence-corrected chi connectivity index (χ2v) is 5.17. The molecule has 0 saturated heterocycles. The average molecular weight is 332 g/mol. The van der Waals surface area contributed by atoms with Gasteiger partial charge in [0.2, 0.25) is 0 Å². The van der Waals surface area contributed by atoms with E-state index in [0.717, 1.165) is 20.6 Å². The van der Waals surface area contributed by atoms with Crippen molar-refractivity contribution in [1.29, 1.82) is 0 Å². The van der Waals surface area contributed by atoms with E-state index in [1.165, 1.54) is 13.2 Å². The van der Waals surface area contributed by atoms with E-state index in [2.05, 4.69) is 20.9 Å². The minimum Gasteiger partial charge on any atom is -0.496 e. The standard InChI is InChI=1S/C15H10BrNO3/c1-20-13-7-12(15(18)19)17-14-9-5-3-2-4-8(9)11(16)6-10(13)14/h2-7H,1H3,(H,18,19). The van der Waals surface area contributed by atoms with E-state index < -0.39 is 5.97 Å². The summed E-state index contributed by atoms with van der Waals surface area (Å²) in [6, 6.07) is 11.0. The molecule has 5 heteroatoms. The molecule has 0 bridgehead atoms. The monoisotopic (exact) mass is 331 g/mol. The molecule has 1 aromatic heterocycles. The second kappa shape index (κ2) is 4.76. The highest BCUT2D eigenvalue weighted by atomic mass is 79.9. The molecule has 0 aliphatic heterocycles.